The fraction of sp³-hybridized carbons (Fsp3) is 0.250. The molecular formula is C12H12O4. The van der Waals surface area contributed by atoms with Gasteiger partial charge in [-0.2, -0.15) is 0 Å². The number of esters is 1. The molecule has 1 aliphatic heterocycles. The van der Waals surface area contributed by atoms with Crippen LogP contribution >= 0.6 is 0 Å². The molecule has 4 heteroatoms. The smallest absolute Gasteiger partial charge is 0.333 e. The second-order valence-electron chi connectivity index (χ2n) is 3.31. The van der Waals surface area contributed by atoms with Crippen molar-refractivity contribution in [3.05, 3.63) is 47.7 Å². The Labute approximate surface area is 93.4 Å². The maximum absolute atomic E-state index is 11.0. The van der Waals surface area contributed by atoms with Crippen molar-refractivity contribution in [1.29, 1.82) is 0 Å². The topological polar surface area (TPSA) is 44.8 Å². The molecule has 0 bridgehead atoms. The number of ether oxygens (including phenoxy) is 3. The number of rotatable bonds is 2. The Morgan fingerprint density at radius 1 is 1.44 bits per heavy atom. The van der Waals surface area contributed by atoms with Crippen LogP contribution in [-0.4, -0.2) is 19.7 Å². The number of hydrogen-bond donors (Lipinski definition) is 0. The first-order chi connectivity index (χ1) is 7.79. The highest BCUT2D eigenvalue weighted by Gasteiger charge is 2.23. The zero-order valence-corrected chi connectivity index (χ0v) is 8.88. The Kier molecular flexibility index (Phi) is 3.22. The lowest BCUT2D eigenvalue weighted by molar-refractivity contribution is -0.135. The summed E-state index contributed by atoms with van der Waals surface area (Å²) in [7, 11) is 1.32. The molecule has 1 aliphatic rings. The SMILES string of the molecule is COC(=O)/C=C1/COC(c2ccccc2)O1. The normalized spacial score (nSPS) is 21.8. The van der Waals surface area contributed by atoms with Gasteiger partial charge < -0.3 is 14.2 Å². The van der Waals surface area contributed by atoms with Gasteiger partial charge in [0.25, 0.3) is 0 Å². The van der Waals surface area contributed by atoms with Crippen molar-refractivity contribution < 1.29 is 19.0 Å². The van der Waals surface area contributed by atoms with Crippen molar-refractivity contribution in [2.75, 3.05) is 13.7 Å². The molecule has 0 spiro atoms. The summed E-state index contributed by atoms with van der Waals surface area (Å²) in [4.78, 5) is 11.0. The Hall–Kier alpha value is -1.81. The summed E-state index contributed by atoms with van der Waals surface area (Å²) in [5.41, 5.74) is 0.927. The van der Waals surface area contributed by atoms with Crippen LogP contribution in [0.5, 0.6) is 0 Å². The van der Waals surface area contributed by atoms with Gasteiger partial charge in [-0.05, 0) is 0 Å². The predicted molar refractivity (Wildman–Crippen MR) is 56.3 cm³/mol. The summed E-state index contributed by atoms with van der Waals surface area (Å²) < 4.78 is 15.4. The van der Waals surface area contributed by atoms with Crippen LogP contribution in [0.25, 0.3) is 0 Å². The summed E-state index contributed by atoms with van der Waals surface area (Å²) in [5.74, 6) is 0.0491. The van der Waals surface area contributed by atoms with Gasteiger partial charge in [0.15, 0.2) is 0 Å². The maximum Gasteiger partial charge on any atom is 0.333 e. The molecule has 0 N–H and O–H groups in total. The van der Waals surface area contributed by atoms with Gasteiger partial charge in [0.2, 0.25) is 6.29 Å². The molecule has 16 heavy (non-hydrogen) atoms. The van der Waals surface area contributed by atoms with Crippen molar-refractivity contribution in [1.82, 2.24) is 0 Å². The van der Waals surface area contributed by atoms with Crippen LogP contribution in [0.15, 0.2) is 42.2 Å². The van der Waals surface area contributed by atoms with Crippen LogP contribution in [0.3, 0.4) is 0 Å². The van der Waals surface area contributed by atoms with E-state index in [-0.39, 0.29) is 6.61 Å². The average Bonchev–Trinajstić information content (AvgIpc) is 2.78. The first-order valence-electron chi connectivity index (χ1n) is 4.91. The molecule has 0 aliphatic carbocycles. The van der Waals surface area contributed by atoms with E-state index in [1.54, 1.807) is 0 Å². The molecular weight excluding hydrogens is 208 g/mol. The Morgan fingerprint density at radius 3 is 2.88 bits per heavy atom. The molecule has 0 amide bonds. The van der Waals surface area contributed by atoms with E-state index in [1.165, 1.54) is 13.2 Å². The fourth-order valence-corrected chi connectivity index (χ4v) is 1.40. The highest BCUT2D eigenvalue weighted by atomic mass is 16.7. The first-order valence-corrected chi connectivity index (χ1v) is 4.91. The van der Waals surface area contributed by atoms with E-state index in [4.69, 9.17) is 9.47 Å². The molecule has 0 saturated carbocycles. The minimum absolute atomic E-state index is 0.286. The molecule has 2 rings (SSSR count). The van der Waals surface area contributed by atoms with Crippen molar-refractivity contribution in [2.45, 2.75) is 6.29 Å². The van der Waals surface area contributed by atoms with Gasteiger partial charge >= 0.3 is 5.97 Å². The number of carbonyl (C=O) groups excluding carboxylic acids is 1. The molecule has 1 fully saturated rings. The second-order valence-corrected chi connectivity index (χ2v) is 3.31. The van der Waals surface area contributed by atoms with Gasteiger partial charge in [-0.15, -0.1) is 0 Å². The molecule has 1 aromatic rings. The molecule has 84 valence electrons. The van der Waals surface area contributed by atoms with E-state index >= 15 is 0 Å². The molecule has 1 saturated heterocycles. The van der Waals surface area contributed by atoms with Crippen molar-refractivity contribution in [3.8, 4) is 0 Å². The highest BCUT2D eigenvalue weighted by molar-refractivity contribution is 5.82. The van der Waals surface area contributed by atoms with Gasteiger partial charge in [0.05, 0.1) is 13.2 Å². The molecule has 1 aromatic carbocycles. The van der Waals surface area contributed by atoms with E-state index in [9.17, 15) is 4.79 Å². The van der Waals surface area contributed by atoms with Gasteiger partial charge in [-0.3, -0.25) is 0 Å². The Morgan fingerprint density at radius 2 is 2.19 bits per heavy atom. The largest absolute Gasteiger partial charge is 0.466 e. The van der Waals surface area contributed by atoms with E-state index < -0.39 is 12.3 Å². The van der Waals surface area contributed by atoms with E-state index in [1.807, 2.05) is 30.3 Å². The average molecular weight is 220 g/mol. The molecule has 1 unspecified atom stereocenters. The van der Waals surface area contributed by atoms with Gasteiger partial charge in [0.1, 0.15) is 12.4 Å². The lowest BCUT2D eigenvalue weighted by atomic mass is 10.2. The van der Waals surface area contributed by atoms with Crippen molar-refractivity contribution in [3.63, 3.8) is 0 Å². The summed E-state index contributed by atoms with van der Waals surface area (Å²) in [6.07, 6.45) is 0.861. The predicted octanol–water partition coefficient (Wildman–Crippen LogP) is 1.79. The molecule has 1 atom stereocenters. The molecule has 1 heterocycles. The summed E-state index contributed by atoms with van der Waals surface area (Å²) in [6, 6.07) is 9.55. The van der Waals surface area contributed by atoms with E-state index in [0.29, 0.717) is 5.76 Å². The zero-order valence-electron chi connectivity index (χ0n) is 8.88. The third kappa shape index (κ3) is 2.41. The number of hydrogen-bond acceptors (Lipinski definition) is 4. The van der Waals surface area contributed by atoms with Crippen LogP contribution in [0.4, 0.5) is 0 Å². The lowest BCUT2D eigenvalue weighted by Gasteiger charge is -2.08. The number of carbonyl (C=O) groups is 1. The van der Waals surface area contributed by atoms with Crippen molar-refractivity contribution >= 4 is 5.97 Å². The summed E-state index contributed by atoms with van der Waals surface area (Å²) in [5, 5.41) is 0. The van der Waals surface area contributed by atoms with Crippen LogP contribution in [-0.2, 0) is 19.0 Å². The quantitative estimate of drug-likeness (QED) is 0.563. The first kappa shape index (κ1) is 10.7. The Balaban J connectivity index is 2.04. The van der Waals surface area contributed by atoms with Gasteiger partial charge in [0, 0.05) is 5.56 Å². The summed E-state index contributed by atoms with van der Waals surface area (Å²) in [6.45, 7) is 0.286. The maximum atomic E-state index is 11.0. The van der Waals surface area contributed by atoms with Crippen LogP contribution in [0.2, 0.25) is 0 Å². The van der Waals surface area contributed by atoms with E-state index in [2.05, 4.69) is 4.74 Å². The molecule has 0 radical (unpaired) electrons. The van der Waals surface area contributed by atoms with Gasteiger partial charge in [-0.25, -0.2) is 4.79 Å². The minimum Gasteiger partial charge on any atom is -0.466 e. The van der Waals surface area contributed by atoms with E-state index in [0.717, 1.165) is 5.56 Å². The fourth-order valence-electron chi connectivity index (χ4n) is 1.40. The third-order valence-corrected chi connectivity index (χ3v) is 2.19. The molecule has 0 aromatic heterocycles. The third-order valence-electron chi connectivity index (χ3n) is 2.19. The number of benzene rings is 1. The van der Waals surface area contributed by atoms with Crippen LogP contribution in [0.1, 0.15) is 11.9 Å². The lowest BCUT2D eigenvalue weighted by Crippen LogP contribution is -1.98. The second kappa shape index (κ2) is 4.81. The Bertz CT molecular complexity index is 397. The van der Waals surface area contributed by atoms with Gasteiger partial charge in [-0.1, -0.05) is 30.3 Å². The minimum atomic E-state index is -0.438. The van der Waals surface area contributed by atoms with Crippen LogP contribution < -0.4 is 0 Å². The van der Waals surface area contributed by atoms with Crippen LogP contribution in [0, 0.1) is 0 Å². The zero-order chi connectivity index (χ0) is 11.4. The number of methoxy groups -OCH3 is 1. The van der Waals surface area contributed by atoms with Crippen molar-refractivity contribution in [2.24, 2.45) is 0 Å². The monoisotopic (exact) mass is 220 g/mol. The molecule has 4 nitrogen and oxygen atoms in total. The standard InChI is InChI=1S/C12H12O4/c1-14-11(13)7-10-8-15-12(16-10)9-5-3-2-4-6-9/h2-7,12H,8H2,1H3/b10-7-. The summed E-state index contributed by atoms with van der Waals surface area (Å²) >= 11 is 0. The highest BCUT2D eigenvalue weighted by Crippen LogP contribution is 2.28.